The van der Waals surface area contributed by atoms with Crippen molar-refractivity contribution in [3.05, 3.63) is 87.5 Å². The largest absolute Gasteiger partial charge is 0.504 e. The van der Waals surface area contributed by atoms with Crippen molar-refractivity contribution in [2.75, 3.05) is 14.2 Å². The van der Waals surface area contributed by atoms with Gasteiger partial charge in [-0.2, -0.15) is 0 Å². The van der Waals surface area contributed by atoms with Crippen molar-refractivity contribution in [1.29, 1.82) is 0 Å². The summed E-state index contributed by atoms with van der Waals surface area (Å²) in [6.45, 7) is 4.33. The van der Waals surface area contributed by atoms with Crippen LogP contribution < -0.4 is 14.2 Å². The Hall–Kier alpha value is -4.07. The van der Waals surface area contributed by atoms with E-state index >= 15 is 0 Å². The van der Waals surface area contributed by atoms with E-state index in [9.17, 15) is 20.0 Å². The highest BCUT2D eigenvalue weighted by atomic mass is 16.6. The number of carbonyl (C=O) groups is 1. The summed E-state index contributed by atoms with van der Waals surface area (Å²) in [4.78, 5) is 23.2. The topological polar surface area (TPSA) is 108 Å². The second kappa shape index (κ2) is 11.4. The lowest BCUT2D eigenvalue weighted by molar-refractivity contribution is -0.385. The number of aromatic hydroxyl groups is 1. The standard InChI is InChI=1S/C27H29NO7/c1-17(13-19-9-11-23(29)25(15-19)33-3)18(2)14-20-10-12-24(26(16-20)34-4)35-27(30)21-7-5-6-8-22(21)28(31)32/h5-12,15-18,29H,13-14H2,1-4H3/t17-,18+/m1/s1. The number of phenols is 1. The molecule has 184 valence electrons. The number of rotatable bonds is 10. The van der Waals surface area contributed by atoms with Crippen LogP contribution in [0, 0.1) is 22.0 Å². The molecule has 1 N–H and O–H groups in total. The molecule has 0 heterocycles. The Morgan fingerprint density at radius 1 is 0.886 bits per heavy atom. The van der Waals surface area contributed by atoms with Crippen molar-refractivity contribution in [1.82, 2.24) is 0 Å². The summed E-state index contributed by atoms with van der Waals surface area (Å²) in [6, 6.07) is 16.3. The molecule has 0 spiro atoms. The molecule has 0 amide bonds. The predicted molar refractivity (Wildman–Crippen MR) is 131 cm³/mol. The van der Waals surface area contributed by atoms with Gasteiger partial charge in [-0.15, -0.1) is 0 Å². The number of nitro benzene ring substituents is 1. The minimum Gasteiger partial charge on any atom is -0.504 e. The van der Waals surface area contributed by atoms with E-state index in [2.05, 4.69) is 13.8 Å². The molecule has 3 aromatic rings. The van der Waals surface area contributed by atoms with Gasteiger partial charge in [-0.05, 0) is 66.1 Å². The van der Waals surface area contributed by atoms with Gasteiger partial charge in [-0.25, -0.2) is 4.79 Å². The Bertz CT molecular complexity index is 1210. The maximum atomic E-state index is 12.6. The summed E-state index contributed by atoms with van der Waals surface area (Å²) in [5, 5.41) is 21.0. The average molecular weight is 480 g/mol. The van der Waals surface area contributed by atoms with E-state index < -0.39 is 10.9 Å². The van der Waals surface area contributed by atoms with Crippen LogP contribution in [0.5, 0.6) is 23.0 Å². The number of methoxy groups -OCH3 is 2. The third-order valence-electron chi connectivity index (χ3n) is 6.08. The zero-order chi connectivity index (χ0) is 25.5. The van der Waals surface area contributed by atoms with Crippen molar-refractivity contribution >= 4 is 11.7 Å². The minimum atomic E-state index is -0.824. The van der Waals surface area contributed by atoms with E-state index in [-0.39, 0.29) is 22.7 Å². The van der Waals surface area contributed by atoms with E-state index in [1.54, 1.807) is 18.2 Å². The second-order valence-corrected chi connectivity index (χ2v) is 8.52. The Kier molecular flexibility index (Phi) is 8.30. The maximum Gasteiger partial charge on any atom is 0.350 e. The van der Waals surface area contributed by atoms with Gasteiger partial charge in [0.1, 0.15) is 5.56 Å². The summed E-state index contributed by atoms with van der Waals surface area (Å²) in [6.07, 6.45) is 1.59. The first kappa shape index (κ1) is 25.6. The molecule has 0 bridgehead atoms. The first-order valence-electron chi connectivity index (χ1n) is 11.2. The molecule has 8 nitrogen and oxygen atoms in total. The SMILES string of the molecule is COc1cc(C[C@@H](C)[C@@H](C)Cc2ccc(OC(=O)c3ccccc3[N+](=O)[O-])c(OC)c2)ccc1O. The van der Waals surface area contributed by atoms with Crippen LogP contribution in [0.25, 0.3) is 0 Å². The van der Waals surface area contributed by atoms with Gasteiger partial charge in [-0.3, -0.25) is 10.1 Å². The van der Waals surface area contributed by atoms with Gasteiger partial charge in [0.05, 0.1) is 19.1 Å². The first-order valence-corrected chi connectivity index (χ1v) is 11.2. The van der Waals surface area contributed by atoms with Crippen LogP contribution in [-0.4, -0.2) is 30.2 Å². The van der Waals surface area contributed by atoms with Crippen molar-refractivity contribution in [3.8, 4) is 23.0 Å². The van der Waals surface area contributed by atoms with Crippen molar-refractivity contribution in [2.24, 2.45) is 11.8 Å². The molecule has 0 saturated heterocycles. The number of nitro groups is 1. The van der Waals surface area contributed by atoms with E-state index in [1.807, 2.05) is 24.3 Å². The van der Waals surface area contributed by atoms with Gasteiger partial charge in [0.15, 0.2) is 23.0 Å². The number of benzene rings is 3. The monoisotopic (exact) mass is 479 g/mol. The fraction of sp³-hybridized carbons (Fsp3) is 0.296. The zero-order valence-electron chi connectivity index (χ0n) is 20.2. The lowest BCUT2D eigenvalue weighted by Crippen LogP contribution is -2.14. The molecule has 3 rings (SSSR count). The Morgan fingerprint density at radius 3 is 2.06 bits per heavy atom. The molecule has 0 saturated carbocycles. The molecule has 8 heteroatoms. The molecule has 0 fully saturated rings. The van der Waals surface area contributed by atoms with Gasteiger partial charge in [-0.1, -0.05) is 38.1 Å². The molecule has 3 aromatic carbocycles. The summed E-state index contributed by atoms with van der Waals surface area (Å²) >= 11 is 0. The Morgan fingerprint density at radius 2 is 1.46 bits per heavy atom. The van der Waals surface area contributed by atoms with Gasteiger partial charge in [0.25, 0.3) is 5.69 Å². The highest BCUT2D eigenvalue weighted by molar-refractivity contribution is 5.95. The number of hydrogen-bond acceptors (Lipinski definition) is 7. The molecule has 0 aliphatic carbocycles. The number of nitrogens with zero attached hydrogens (tertiary/aromatic N) is 1. The molecular formula is C27H29NO7. The highest BCUT2D eigenvalue weighted by Gasteiger charge is 2.23. The van der Waals surface area contributed by atoms with Crippen LogP contribution in [-0.2, 0) is 12.8 Å². The van der Waals surface area contributed by atoms with Crippen molar-refractivity contribution < 1.29 is 29.0 Å². The van der Waals surface area contributed by atoms with E-state index in [0.717, 1.165) is 24.0 Å². The smallest absolute Gasteiger partial charge is 0.350 e. The molecule has 0 unspecified atom stereocenters. The number of phenolic OH excluding ortho intramolecular Hbond substituents is 1. The fourth-order valence-electron chi connectivity index (χ4n) is 3.88. The van der Waals surface area contributed by atoms with Gasteiger partial charge >= 0.3 is 5.97 Å². The van der Waals surface area contributed by atoms with Crippen molar-refractivity contribution in [2.45, 2.75) is 26.7 Å². The molecule has 0 aromatic heterocycles. The zero-order valence-corrected chi connectivity index (χ0v) is 20.2. The number of para-hydroxylation sites is 1. The van der Waals surface area contributed by atoms with E-state index in [4.69, 9.17) is 14.2 Å². The van der Waals surface area contributed by atoms with Gasteiger partial charge in [0.2, 0.25) is 0 Å². The van der Waals surface area contributed by atoms with E-state index in [0.29, 0.717) is 23.3 Å². The Labute approximate surface area is 204 Å². The quantitative estimate of drug-likeness (QED) is 0.175. The Balaban J connectivity index is 1.70. The molecular weight excluding hydrogens is 450 g/mol. The summed E-state index contributed by atoms with van der Waals surface area (Å²) < 4.78 is 16.1. The van der Waals surface area contributed by atoms with Gasteiger partial charge < -0.3 is 19.3 Å². The molecule has 2 atom stereocenters. The lowest BCUT2D eigenvalue weighted by atomic mass is 9.85. The third-order valence-corrected chi connectivity index (χ3v) is 6.08. The minimum absolute atomic E-state index is 0.117. The summed E-state index contributed by atoms with van der Waals surface area (Å²) in [5.41, 5.74) is 1.64. The predicted octanol–water partition coefficient (Wildman–Crippen LogP) is 5.59. The molecule has 0 radical (unpaired) electrons. The van der Waals surface area contributed by atoms with Crippen LogP contribution in [0.1, 0.15) is 35.3 Å². The fourth-order valence-corrected chi connectivity index (χ4v) is 3.88. The van der Waals surface area contributed by atoms with Crippen LogP contribution >= 0.6 is 0 Å². The van der Waals surface area contributed by atoms with E-state index in [1.165, 1.54) is 32.4 Å². The summed E-state index contributed by atoms with van der Waals surface area (Å²) in [7, 11) is 3.01. The summed E-state index contributed by atoms with van der Waals surface area (Å²) in [5.74, 6) is 0.972. The normalized spacial score (nSPS) is 12.5. The molecule has 35 heavy (non-hydrogen) atoms. The van der Waals surface area contributed by atoms with Crippen LogP contribution in [0.4, 0.5) is 5.69 Å². The number of carbonyl (C=O) groups excluding carboxylic acids is 1. The van der Waals surface area contributed by atoms with Crippen molar-refractivity contribution in [3.63, 3.8) is 0 Å². The third kappa shape index (κ3) is 6.29. The molecule has 0 aliphatic heterocycles. The number of ether oxygens (including phenoxy) is 3. The van der Waals surface area contributed by atoms with Crippen LogP contribution in [0.3, 0.4) is 0 Å². The number of hydrogen-bond donors (Lipinski definition) is 1. The average Bonchev–Trinajstić information content (AvgIpc) is 2.85. The second-order valence-electron chi connectivity index (χ2n) is 8.52. The van der Waals surface area contributed by atoms with Crippen LogP contribution in [0.15, 0.2) is 60.7 Å². The number of esters is 1. The molecule has 0 aliphatic rings. The maximum absolute atomic E-state index is 12.6. The lowest BCUT2D eigenvalue weighted by Gasteiger charge is -2.21. The van der Waals surface area contributed by atoms with Gasteiger partial charge in [0, 0.05) is 6.07 Å². The van der Waals surface area contributed by atoms with Crippen LogP contribution in [0.2, 0.25) is 0 Å². The highest BCUT2D eigenvalue weighted by Crippen LogP contribution is 2.33. The first-order chi connectivity index (χ1) is 16.7.